The third kappa shape index (κ3) is 5.99. The Kier molecular flexibility index (Phi) is 7.23. The van der Waals surface area contributed by atoms with Gasteiger partial charge in [0.1, 0.15) is 5.60 Å². The molecule has 4 rings (SSSR count). The van der Waals surface area contributed by atoms with Crippen LogP contribution in [0.15, 0.2) is 42.9 Å². The number of nitrogens with one attached hydrogen (secondary N) is 2. The summed E-state index contributed by atoms with van der Waals surface area (Å²) in [6.07, 6.45) is 6.80. The van der Waals surface area contributed by atoms with E-state index in [-0.39, 0.29) is 18.0 Å². The van der Waals surface area contributed by atoms with E-state index in [4.69, 9.17) is 9.72 Å². The van der Waals surface area contributed by atoms with Crippen LogP contribution in [0.3, 0.4) is 0 Å². The van der Waals surface area contributed by atoms with Crippen molar-refractivity contribution in [1.29, 1.82) is 0 Å². The van der Waals surface area contributed by atoms with E-state index in [2.05, 4.69) is 20.7 Å². The summed E-state index contributed by atoms with van der Waals surface area (Å²) in [7, 11) is 1.61. The molecule has 10 heteroatoms. The van der Waals surface area contributed by atoms with Crippen molar-refractivity contribution in [2.24, 2.45) is 0 Å². The van der Waals surface area contributed by atoms with Crippen LogP contribution in [0.5, 0.6) is 0 Å². The van der Waals surface area contributed by atoms with Gasteiger partial charge in [-0.2, -0.15) is 5.10 Å². The minimum atomic E-state index is -0.497. The molecule has 0 spiro atoms. The Morgan fingerprint density at radius 1 is 1.08 bits per heavy atom. The first-order valence-electron chi connectivity index (χ1n) is 12.1. The molecule has 2 amide bonds. The maximum absolute atomic E-state index is 12.3. The van der Waals surface area contributed by atoms with Gasteiger partial charge in [-0.3, -0.25) is 9.48 Å². The molecule has 0 bridgehead atoms. The van der Waals surface area contributed by atoms with Gasteiger partial charge in [0, 0.05) is 43.7 Å². The third-order valence-corrected chi connectivity index (χ3v) is 5.97. The van der Waals surface area contributed by atoms with Crippen LogP contribution in [-0.4, -0.2) is 62.4 Å². The van der Waals surface area contributed by atoms with Crippen LogP contribution < -0.4 is 10.6 Å². The summed E-state index contributed by atoms with van der Waals surface area (Å²) in [5, 5.41) is 10.4. The molecule has 0 unspecified atom stereocenters. The Balaban J connectivity index is 1.40. The van der Waals surface area contributed by atoms with E-state index in [1.165, 1.54) is 0 Å². The van der Waals surface area contributed by atoms with E-state index in [0.29, 0.717) is 24.6 Å². The molecule has 1 aliphatic rings. The molecular weight excluding hydrogens is 458 g/mol. The number of benzene rings is 1. The SMILES string of the molecule is CNC(=O)c1ccc(-c2nc(Nc3cnn(C4CCN(C(=O)OC(C)(C)C)CC4)c3)ncc2C)cc1. The van der Waals surface area contributed by atoms with E-state index >= 15 is 0 Å². The number of likely N-dealkylation sites (tertiary alicyclic amines) is 1. The lowest BCUT2D eigenvalue weighted by atomic mass is 10.1. The molecule has 2 aromatic heterocycles. The Hall–Kier alpha value is -3.95. The van der Waals surface area contributed by atoms with Gasteiger partial charge in [0.05, 0.1) is 23.6 Å². The largest absolute Gasteiger partial charge is 0.444 e. The van der Waals surface area contributed by atoms with Gasteiger partial charge in [0.15, 0.2) is 0 Å². The minimum Gasteiger partial charge on any atom is -0.444 e. The first-order chi connectivity index (χ1) is 17.1. The number of piperidine rings is 1. The average molecular weight is 492 g/mol. The normalized spacial score (nSPS) is 14.4. The summed E-state index contributed by atoms with van der Waals surface area (Å²) in [4.78, 5) is 35.0. The molecule has 1 saturated heterocycles. The fourth-order valence-corrected chi connectivity index (χ4v) is 4.09. The number of carbonyl (C=O) groups is 2. The maximum Gasteiger partial charge on any atom is 0.410 e. The van der Waals surface area contributed by atoms with Crippen LogP contribution in [0.4, 0.5) is 16.4 Å². The first-order valence-corrected chi connectivity index (χ1v) is 12.1. The molecule has 10 nitrogen and oxygen atoms in total. The van der Waals surface area contributed by atoms with Crippen LogP contribution >= 0.6 is 0 Å². The van der Waals surface area contributed by atoms with E-state index in [1.807, 2.05) is 50.7 Å². The average Bonchev–Trinajstić information content (AvgIpc) is 3.32. The van der Waals surface area contributed by atoms with Gasteiger partial charge in [-0.15, -0.1) is 0 Å². The number of carbonyl (C=O) groups excluding carboxylic acids is 2. The highest BCUT2D eigenvalue weighted by molar-refractivity contribution is 5.94. The molecule has 1 fully saturated rings. The standard InChI is InChI=1S/C26H33N7O3/c1-17-14-28-24(31-22(17)18-6-8-19(9-7-18)23(34)27-5)30-20-15-29-33(16-20)21-10-12-32(13-11-21)25(35)36-26(2,3)4/h6-9,14-16,21H,10-13H2,1-5H3,(H,27,34)(H,28,30,31). The van der Waals surface area contributed by atoms with Crippen molar-refractivity contribution in [3.05, 3.63) is 54.0 Å². The zero-order chi connectivity index (χ0) is 25.9. The lowest BCUT2D eigenvalue weighted by Crippen LogP contribution is -2.42. The molecule has 0 radical (unpaired) electrons. The van der Waals surface area contributed by atoms with E-state index in [1.54, 1.807) is 36.5 Å². The first kappa shape index (κ1) is 25.2. The number of ether oxygens (including phenoxy) is 1. The summed E-state index contributed by atoms with van der Waals surface area (Å²) >= 11 is 0. The highest BCUT2D eigenvalue weighted by Crippen LogP contribution is 2.26. The quantitative estimate of drug-likeness (QED) is 0.546. The van der Waals surface area contributed by atoms with E-state index < -0.39 is 5.60 Å². The number of hydrogen-bond acceptors (Lipinski definition) is 7. The van der Waals surface area contributed by atoms with Gasteiger partial charge in [-0.1, -0.05) is 12.1 Å². The van der Waals surface area contributed by atoms with Gasteiger partial charge < -0.3 is 20.3 Å². The second-order valence-electron chi connectivity index (χ2n) is 9.91. The predicted molar refractivity (Wildman–Crippen MR) is 137 cm³/mol. The monoisotopic (exact) mass is 491 g/mol. The smallest absolute Gasteiger partial charge is 0.410 e. The van der Waals surface area contributed by atoms with Crippen molar-refractivity contribution in [2.45, 2.75) is 52.2 Å². The molecule has 1 aromatic carbocycles. The molecule has 3 aromatic rings. The summed E-state index contributed by atoms with van der Waals surface area (Å²) in [6, 6.07) is 7.52. The second kappa shape index (κ2) is 10.3. The van der Waals surface area contributed by atoms with E-state index in [0.717, 1.165) is 35.3 Å². The van der Waals surface area contributed by atoms with Gasteiger partial charge in [-0.25, -0.2) is 14.8 Å². The molecule has 36 heavy (non-hydrogen) atoms. The van der Waals surface area contributed by atoms with Crippen molar-refractivity contribution in [3.63, 3.8) is 0 Å². The number of hydrogen-bond donors (Lipinski definition) is 2. The highest BCUT2D eigenvalue weighted by Gasteiger charge is 2.28. The van der Waals surface area contributed by atoms with Crippen LogP contribution in [0.1, 0.15) is 55.6 Å². The summed E-state index contributed by atoms with van der Waals surface area (Å²) < 4.78 is 7.41. The van der Waals surface area contributed by atoms with Crippen LogP contribution in [0.2, 0.25) is 0 Å². The number of amides is 2. The Labute approximate surface area is 211 Å². The van der Waals surface area contributed by atoms with Crippen LogP contribution in [-0.2, 0) is 4.74 Å². The van der Waals surface area contributed by atoms with Crippen molar-refractivity contribution < 1.29 is 14.3 Å². The molecule has 1 aliphatic heterocycles. The van der Waals surface area contributed by atoms with Crippen LogP contribution in [0.25, 0.3) is 11.3 Å². The van der Waals surface area contributed by atoms with Gasteiger partial charge in [0.2, 0.25) is 5.95 Å². The molecular formula is C26H33N7O3. The summed E-state index contributed by atoms with van der Waals surface area (Å²) in [5.41, 5.74) is 3.50. The molecule has 2 N–H and O–H groups in total. The Morgan fingerprint density at radius 3 is 2.42 bits per heavy atom. The molecule has 0 aliphatic carbocycles. The predicted octanol–water partition coefficient (Wildman–Crippen LogP) is 4.32. The lowest BCUT2D eigenvalue weighted by molar-refractivity contribution is 0.0184. The lowest BCUT2D eigenvalue weighted by Gasteiger charge is -2.33. The minimum absolute atomic E-state index is 0.129. The third-order valence-electron chi connectivity index (χ3n) is 5.97. The molecule has 190 valence electrons. The number of rotatable bonds is 5. The maximum atomic E-state index is 12.3. The summed E-state index contributed by atoms with van der Waals surface area (Å²) in [5.74, 6) is 0.334. The van der Waals surface area contributed by atoms with E-state index in [9.17, 15) is 9.59 Å². The molecule has 0 saturated carbocycles. The fourth-order valence-electron chi connectivity index (χ4n) is 4.09. The van der Waals surface area contributed by atoms with Crippen molar-refractivity contribution in [3.8, 4) is 11.3 Å². The van der Waals surface area contributed by atoms with Crippen LogP contribution in [0, 0.1) is 6.92 Å². The van der Waals surface area contributed by atoms with Crippen molar-refractivity contribution in [2.75, 3.05) is 25.5 Å². The Bertz CT molecular complexity index is 1220. The summed E-state index contributed by atoms with van der Waals surface area (Å²) in [6.45, 7) is 8.84. The number of anilines is 2. The number of aryl methyl sites for hydroxylation is 1. The molecule has 0 atom stereocenters. The highest BCUT2D eigenvalue weighted by atomic mass is 16.6. The van der Waals surface area contributed by atoms with Gasteiger partial charge >= 0.3 is 6.09 Å². The Morgan fingerprint density at radius 2 is 1.78 bits per heavy atom. The van der Waals surface area contributed by atoms with Gasteiger partial charge in [0.25, 0.3) is 5.91 Å². The van der Waals surface area contributed by atoms with Crippen molar-refractivity contribution >= 4 is 23.6 Å². The van der Waals surface area contributed by atoms with Gasteiger partial charge in [-0.05, 0) is 58.2 Å². The molecule has 3 heterocycles. The zero-order valence-electron chi connectivity index (χ0n) is 21.4. The number of nitrogens with zero attached hydrogens (tertiary/aromatic N) is 5. The second-order valence-corrected chi connectivity index (χ2v) is 9.91. The van der Waals surface area contributed by atoms with Crippen molar-refractivity contribution in [1.82, 2.24) is 30.0 Å². The topological polar surface area (TPSA) is 114 Å². The number of aromatic nitrogens is 4. The fraction of sp³-hybridized carbons (Fsp3) is 0.423. The zero-order valence-corrected chi connectivity index (χ0v) is 21.4.